The maximum absolute atomic E-state index is 12.5. The van der Waals surface area contributed by atoms with Crippen molar-refractivity contribution < 1.29 is 4.79 Å². The van der Waals surface area contributed by atoms with Gasteiger partial charge in [0.2, 0.25) is 0 Å². The molecule has 0 fully saturated rings. The van der Waals surface area contributed by atoms with Crippen LogP contribution in [0.5, 0.6) is 0 Å². The predicted octanol–water partition coefficient (Wildman–Crippen LogP) is 3.51. The van der Waals surface area contributed by atoms with E-state index < -0.39 is 0 Å². The highest BCUT2D eigenvalue weighted by molar-refractivity contribution is 5.97. The standard InChI is InChI=1S/C18H17N3O/c1-2-16(13-6-4-3-5-7-13)21-18(22)14-8-9-15-11-19-12-20-17(15)10-14/h3-12,16H,2H2,1H3,(H,21,22)/t16-/m1/s1. The van der Waals surface area contributed by atoms with Crippen LogP contribution in [0.3, 0.4) is 0 Å². The minimum Gasteiger partial charge on any atom is -0.345 e. The number of carbonyl (C=O) groups is 1. The van der Waals surface area contributed by atoms with Crippen molar-refractivity contribution in [3.8, 4) is 0 Å². The molecular formula is C18H17N3O. The van der Waals surface area contributed by atoms with Crippen molar-refractivity contribution in [3.63, 3.8) is 0 Å². The van der Waals surface area contributed by atoms with Crippen molar-refractivity contribution in [2.45, 2.75) is 19.4 Å². The Bertz CT molecular complexity index is 786. The van der Waals surface area contributed by atoms with Gasteiger partial charge >= 0.3 is 0 Å². The molecule has 4 heteroatoms. The lowest BCUT2D eigenvalue weighted by molar-refractivity contribution is 0.0935. The van der Waals surface area contributed by atoms with Crippen LogP contribution in [0.1, 0.15) is 35.3 Å². The smallest absolute Gasteiger partial charge is 0.251 e. The van der Waals surface area contributed by atoms with Crippen LogP contribution in [0.25, 0.3) is 10.9 Å². The number of amides is 1. The normalized spacial score (nSPS) is 12.0. The van der Waals surface area contributed by atoms with E-state index in [1.54, 1.807) is 18.3 Å². The number of benzene rings is 2. The molecule has 4 nitrogen and oxygen atoms in total. The molecule has 0 aliphatic heterocycles. The van der Waals surface area contributed by atoms with Crippen LogP contribution < -0.4 is 5.32 Å². The summed E-state index contributed by atoms with van der Waals surface area (Å²) in [5.41, 5.74) is 2.50. The van der Waals surface area contributed by atoms with Crippen LogP contribution in [0.2, 0.25) is 0 Å². The third kappa shape index (κ3) is 2.96. The number of nitrogens with zero attached hydrogens (tertiary/aromatic N) is 2. The molecule has 1 atom stereocenters. The zero-order valence-corrected chi connectivity index (χ0v) is 12.4. The highest BCUT2D eigenvalue weighted by Gasteiger charge is 2.14. The number of rotatable bonds is 4. The van der Waals surface area contributed by atoms with E-state index in [-0.39, 0.29) is 11.9 Å². The Morgan fingerprint density at radius 1 is 1.18 bits per heavy atom. The van der Waals surface area contributed by atoms with Gasteiger partial charge in [-0.3, -0.25) is 4.79 Å². The van der Waals surface area contributed by atoms with Gasteiger partial charge in [-0.05, 0) is 24.1 Å². The molecule has 0 unspecified atom stereocenters. The summed E-state index contributed by atoms with van der Waals surface area (Å²) in [5.74, 6) is -0.0868. The maximum Gasteiger partial charge on any atom is 0.251 e. The Hall–Kier alpha value is -2.75. The minimum absolute atomic E-state index is 0.00907. The van der Waals surface area contributed by atoms with E-state index >= 15 is 0 Å². The minimum atomic E-state index is -0.0868. The second kappa shape index (κ2) is 6.35. The Balaban J connectivity index is 1.83. The molecule has 0 spiro atoms. The first-order valence-corrected chi connectivity index (χ1v) is 7.33. The van der Waals surface area contributed by atoms with E-state index in [0.717, 1.165) is 22.9 Å². The summed E-state index contributed by atoms with van der Waals surface area (Å²) < 4.78 is 0. The molecule has 0 aliphatic rings. The Morgan fingerprint density at radius 3 is 2.77 bits per heavy atom. The second-order valence-electron chi connectivity index (χ2n) is 5.14. The fourth-order valence-electron chi connectivity index (χ4n) is 2.46. The molecule has 1 aromatic heterocycles. The molecule has 110 valence electrons. The molecule has 1 heterocycles. The first-order valence-electron chi connectivity index (χ1n) is 7.33. The molecule has 22 heavy (non-hydrogen) atoms. The number of carbonyl (C=O) groups excluding carboxylic acids is 1. The van der Waals surface area contributed by atoms with Crippen LogP contribution in [-0.2, 0) is 0 Å². The molecule has 0 radical (unpaired) electrons. The Kier molecular flexibility index (Phi) is 4.10. The van der Waals surface area contributed by atoms with E-state index in [2.05, 4.69) is 22.2 Å². The zero-order chi connectivity index (χ0) is 15.4. The topological polar surface area (TPSA) is 54.9 Å². The van der Waals surface area contributed by atoms with Gasteiger partial charge in [0.1, 0.15) is 6.33 Å². The van der Waals surface area contributed by atoms with Gasteiger partial charge < -0.3 is 5.32 Å². The molecule has 0 bridgehead atoms. The van der Waals surface area contributed by atoms with E-state index in [4.69, 9.17) is 0 Å². The average Bonchev–Trinajstić information content (AvgIpc) is 2.59. The van der Waals surface area contributed by atoms with Crippen molar-refractivity contribution >= 4 is 16.8 Å². The monoisotopic (exact) mass is 291 g/mol. The summed E-state index contributed by atoms with van der Waals surface area (Å²) in [4.78, 5) is 20.6. The number of hydrogen-bond acceptors (Lipinski definition) is 3. The average molecular weight is 291 g/mol. The second-order valence-corrected chi connectivity index (χ2v) is 5.14. The van der Waals surface area contributed by atoms with Crippen molar-refractivity contribution in [1.82, 2.24) is 15.3 Å². The Morgan fingerprint density at radius 2 is 2.00 bits per heavy atom. The van der Waals surface area contributed by atoms with E-state index in [9.17, 15) is 4.79 Å². The van der Waals surface area contributed by atoms with E-state index in [1.807, 2.05) is 36.4 Å². The third-order valence-electron chi connectivity index (χ3n) is 3.69. The van der Waals surface area contributed by atoms with Crippen LogP contribution >= 0.6 is 0 Å². The molecule has 2 aromatic carbocycles. The highest BCUT2D eigenvalue weighted by Crippen LogP contribution is 2.18. The molecule has 3 aromatic rings. The summed E-state index contributed by atoms with van der Waals surface area (Å²) in [7, 11) is 0. The molecule has 3 rings (SSSR count). The zero-order valence-electron chi connectivity index (χ0n) is 12.4. The number of aromatic nitrogens is 2. The van der Waals surface area contributed by atoms with Gasteiger partial charge in [-0.2, -0.15) is 0 Å². The first-order chi connectivity index (χ1) is 10.8. The quantitative estimate of drug-likeness (QED) is 0.800. The molecule has 0 saturated heterocycles. The van der Waals surface area contributed by atoms with Crippen LogP contribution in [-0.4, -0.2) is 15.9 Å². The maximum atomic E-state index is 12.5. The molecular weight excluding hydrogens is 274 g/mol. The van der Waals surface area contributed by atoms with Crippen molar-refractivity contribution in [1.29, 1.82) is 0 Å². The molecule has 0 saturated carbocycles. The lowest BCUT2D eigenvalue weighted by Crippen LogP contribution is -2.28. The van der Waals surface area contributed by atoms with Crippen molar-refractivity contribution in [2.24, 2.45) is 0 Å². The number of fused-ring (bicyclic) bond motifs is 1. The SMILES string of the molecule is CC[C@@H](NC(=O)c1ccc2cncnc2c1)c1ccccc1. The van der Waals surface area contributed by atoms with Gasteiger partial charge in [0, 0.05) is 17.1 Å². The van der Waals surface area contributed by atoms with Crippen LogP contribution in [0, 0.1) is 0 Å². The molecule has 0 aliphatic carbocycles. The largest absolute Gasteiger partial charge is 0.345 e. The van der Waals surface area contributed by atoms with Gasteiger partial charge in [0.05, 0.1) is 11.6 Å². The number of nitrogens with one attached hydrogen (secondary N) is 1. The molecule has 1 amide bonds. The lowest BCUT2D eigenvalue weighted by Gasteiger charge is -2.17. The fourth-order valence-corrected chi connectivity index (χ4v) is 2.46. The lowest BCUT2D eigenvalue weighted by atomic mass is 10.0. The van der Waals surface area contributed by atoms with Crippen molar-refractivity contribution in [2.75, 3.05) is 0 Å². The third-order valence-corrected chi connectivity index (χ3v) is 3.69. The van der Waals surface area contributed by atoms with Gasteiger partial charge in [0.15, 0.2) is 0 Å². The van der Waals surface area contributed by atoms with Gasteiger partial charge in [0.25, 0.3) is 5.91 Å². The van der Waals surface area contributed by atoms with Gasteiger partial charge in [-0.15, -0.1) is 0 Å². The summed E-state index contributed by atoms with van der Waals surface area (Å²) in [5, 5.41) is 4.01. The predicted molar refractivity (Wildman–Crippen MR) is 86.5 cm³/mol. The van der Waals surface area contributed by atoms with Gasteiger partial charge in [-0.1, -0.05) is 43.3 Å². The first kappa shape index (κ1) is 14.2. The summed E-state index contributed by atoms with van der Waals surface area (Å²) in [6.07, 6.45) is 4.07. The van der Waals surface area contributed by atoms with E-state index in [0.29, 0.717) is 5.56 Å². The van der Waals surface area contributed by atoms with Crippen molar-refractivity contribution in [3.05, 3.63) is 72.2 Å². The van der Waals surface area contributed by atoms with E-state index in [1.165, 1.54) is 6.33 Å². The molecule has 1 N–H and O–H groups in total. The van der Waals surface area contributed by atoms with Crippen LogP contribution in [0.15, 0.2) is 61.1 Å². The summed E-state index contributed by atoms with van der Waals surface area (Å²) in [6.45, 7) is 2.06. The number of hydrogen-bond donors (Lipinski definition) is 1. The Labute approximate surface area is 129 Å². The summed E-state index contributed by atoms with van der Waals surface area (Å²) in [6, 6.07) is 15.5. The fraction of sp³-hybridized carbons (Fsp3) is 0.167. The van der Waals surface area contributed by atoms with Crippen LogP contribution in [0.4, 0.5) is 0 Å². The van der Waals surface area contributed by atoms with Gasteiger partial charge in [-0.25, -0.2) is 9.97 Å². The highest BCUT2D eigenvalue weighted by atomic mass is 16.1. The summed E-state index contributed by atoms with van der Waals surface area (Å²) >= 11 is 0.